The van der Waals surface area contributed by atoms with E-state index in [9.17, 15) is 4.79 Å². The smallest absolute Gasteiger partial charge is 0.278 e. The summed E-state index contributed by atoms with van der Waals surface area (Å²) in [6.45, 7) is 2.07. The molecular formula is C14H16N2O2. The summed E-state index contributed by atoms with van der Waals surface area (Å²) in [6, 6.07) is 7.86. The Morgan fingerprint density at radius 2 is 2.06 bits per heavy atom. The third-order valence-electron chi connectivity index (χ3n) is 2.99. The molecular weight excluding hydrogens is 228 g/mol. The molecule has 1 aromatic carbocycles. The first-order chi connectivity index (χ1) is 8.69. The van der Waals surface area contributed by atoms with Crippen LogP contribution in [0.25, 0.3) is 11.1 Å². The second-order valence-corrected chi connectivity index (χ2v) is 4.03. The van der Waals surface area contributed by atoms with Crippen LogP contribution in [0.15, 0.2) is 35.3 Å². The van der Waals surface area contributed by atoms with Gasteiger partial charge in [-0.05, 0) is 17.5 Å². The SMILES string of the molecule is CCc1ccccc1-c1c(OC)cnn(C)c1=O. The second-order valence-electron chi connectivity index (χ2n) is 4.03. The lowest BCUT2D eigenvalue weighted by Crippen LogP contribution is -2.22. The molecule has 0 unspecified atom stereocenters. The van der Waals surface area contributed by atoms with Crippen LogP contribution in [0.3, 0.4) is 0 Å². The summed E-state index contributed by atoms with van der Waals surface area (Å²) in [5.74, 6) is 0.513. The standard InChI is InChI=1S/C14H16N2O2/c1-4-10-7-5-6-8-11(10)13-12(18-3)9-15-16(2)14(13)17/h5-9H,4H2,1-3H3. The van der Waals surface area contributed by atoms with Gasteiger partial charge in [-0.2, -0.15) is 5.10 Å². The number of rotatable bonds is 3. The van der Waals surface area contributed by atoms with Crippen LogP contribution in [0.2, 0.25) is 0 Å². The van der Waals surface area contributed by atoms with Crippen LogP contribution in [0, 0.1) is 0 Å². The number of hydrogen-bond acceptors (Lipinski definition) is 3. The van der Waals surface area contributed by atoms with Crippen molar-refractivity contribution in [2.45, 2.75) is 13.3 Å². The lowest BCUT2D eigenvalue weighted by Gasteiger charge is -2.11. The van der Waals surface area contributed by atoms with E-state index in [-0.39, 0.29) is 5.56 Å². The van der Waals surface area contributed by atoms with Gasteiger partial charge in [0, 0.05) is 7.05 Å². The summed E-state index contributed by atoms with van der Waals surface area (Å²) < 4.78 is 6.58. The molecule has 0 amide bonds. The Balaban J connectivity index is 2.77. The number of hydrogen-bond donors (Lipinski definition) is 0. The van der Waals surface area contributed by atoms with Crippen LogP contribution in [0.5, 0.6) is 5.75 Å². The Kier molecular flexibility index (Phi) is 3.46. The van der Waals surface area contributed by atoms with Crippen molar-refractivity contribution in [2.24, 2.45) is 7.05 Å². The van der Waals surface area contributed by atoms with E-state index in [0.717, 1.165) is 17.5 Å². The average Bonchev–Trinajstić information content (AvgIpc) is 2.41. The average molecular weight is 244 g/mol. The molecule has 0 spiro atoms. The highest BCUT2D eigenvalue weighted by Crippen LogP contribution is 2.28. The topological polar surface area (TPSA) is 44.1 Å². The molecule has 4 heteroatoms. The predicted octanol–water partition coefficient (Wildman–Crippen LogP) is 2.02. The number of nitrogens with zero attached hydrogens (tertiary/aromatic N) is 2. The molecule has 94 valence electrons. The summed E-state index contributed by atoms with van der Waals surface area (Å²) in [5, 5.41) is 3.97. The summed E-state index contributed by atoms with van der Waals surface area (Å²) in [4.78, 5) is 12.2. The summed E-state index contributed by atoms with van der Waals surface area (Å²) in [7, 11) is 3.19. The Bertz CT molecular complexity index is 617. The predicted molar refractivity (Wildman–Crippen MR) is 70.8 cm³/mol. The Hall–Kier alpha value is -2.10. The van der Waals surface area contributed by atoms with Crippen molar-refractivity contribution in [3.8, 4) is 16.9 Å². The molecule has 4 nitrogen and oxygen atoms in total. The van der Waals surface area contributed by atoms with Crippen molar-refractivity contribution >= 4 is 0 Å². The molecule has 2 aromatic rings. The van der Waals surface area contributed by atoms with E-state index in [0.29, 0.717) is 11.3 Å². The van der Waals surface area contributed by atoms with Crippen LogP contribution in [0.4, 0.5) is 0 Å². The number of aromatic nitrogens is 2. The van der Waals surface area contributed by atoms with Crippen LogP contribution in [-0.2, 0) is 13.5 Å². The maximum atomic E-state index is 12.2. The van der Waals surface area contributed by atoms with Gasteiger partial charge in [0.25, 0.3) is 5.56 Å². The molecule has 0 aliphatic carbocycles. The first-order valence-electron chi connectivity index (χ1n) is 5.87. The molecule has 0 atom stereocenters. The quantitative estimate of drug-likeness (QED) is 0.829. The lowest BCUT2D eigenvalue weighted by molar-refractivity contribution is 0.410. The molecule has 0 bridgehead atoms. The number of ether oxygens (including phenoxy) is 1. The van der Waals surface area contributed by atoms with Gasteiger partial charge < -0.3 is 4.74 Å². The van der Waals surface area contributed by atoms with Crippen LogP contribution >= 0.6 is 0 Å². The molecule has 1 aromatic heterocycles. The first-order valence-corrected chi connectivity index (χ1v) is 5.87. The van der Waals surface area contributed by atoms with Crippen LogP contribution in [-0.4, -0.2) is 16.9 Å². The zero-order valence-electron chi connectivity index (χ0n) is 10.8. The van der Waals surface area contributed by atoms with Crippen molar-refractivity contribution in [2.75, 3.05) is 7.11 Å². The van der Waals surface area contributed by atoms with Gasteiger partial charge >= 0.3 is 0 Å². The van der Waals surface area contributed by atoms with Crippen molar-refractivity contribution in [3.05, 3.63) is 46.4 Å². The van der Waals surface area contributed by atoms with Gasteiger partial charge in [0.05, 0.1) is 18.9 Å². The van der Waals surface area contributed by atoms with E-state index in [1.807, 2.05) is 24.3 Å². The van der Waals surface area contributed by atoms with Crippen molar-refractivity contribution < 1.29 is 4.74 Å². The largest absolute Gasteiger partial charge is 0.494 e. The van der Waals surface area contributed by atoms with Gasteiger partial charge in [0.2, 0.25) is 0 Å². The highest BCUT2D eigenvalue weighted by atomic mass is 16.5. The molecule has 0 radical (unpaired) electrons. The van der Waals surface area contributed by atoms with E-state index < -0.39 is 0 Å². The number of benzene rings is 1. The van der Waals surface area contributed by atoms with Gasteiger partial charge in [-0.25, -0.2) is 4.68 Å². The van der Waals surface area contributed by atoms with E-state index in [2.05, 4.69) is 12.0 Å². The van der Waals surface area contributed by atoms with Gasteiger partial charge in [0.1, 0.15) is 0 Å². The molecule has 0 saturated heterocycles. The van der Waals surface area contributed by atoms with E-state index >= 15 is 0 Å². The van der Waals surface area contributed by atoms with Gasteiger partial charge in [-0.3, -0.25) is 4.79 Å². The minimum Gasteiger partial charge on any atom is -0.494 e. The zero-order valence-corrected chi connectivity index (χ0v) is 10.8. The molecule has 0 N–H and O–H groups in total. The third kappa shape index (κ3) is 2.01. The van der Waals surface area contributed by atoms with E-state index in [1.54, 1.807) is 20.4 Å². The van der Waals surface area contributed by atoms with Crippen molar-refractivity contribution in [1.29, 1.82) is 0 Å². The maximum absolute atomic E-state index is 12.2. The van der Waals surface area contributed by atoms with E-state index in [4.69, 9.17) is 4.74 Å². The minimum absolute atomic E-state index is 0.143. The van der Waals surface area contributed by atoms with Gasteiger partial charge in [-0.15, -0.1) is 0 Å². The Morgan fingerprint density at radius 1 is 1.33 bits per heavy atom. The molecule has 1 heterocycles. The minimum atomic E-state index is -0.143. The van der Waals surface area contributed by atoms with Crippen molar-refractivity contribution in [1.82, 2.24) is 9.78 Å². The molecule has 0 aliphatic heterocycles. The molecule has 0 saturated carbocycles. The highest BCUT2D eigenvalue weighted by Gasteiger charge is 2.15. The number of methoxy groups -OCH3 is 1. The normalized spacial score (nSPS) is 10.4. The van der Waals surface area contributed by atoms with Crippen LogP contribution < -0.4 is 10.3 Å². The zero-order chi connectivity index (χ0) is 13.1. The maximum Gasteiger partial charge on any atom is 0.278 e. The van der Waals surface area contributed by atoms with Crippen LogP contribution in [0.1, 0.15) is 12.5 Å². The summed E-state index contributed by atoms with van der Waals surface area (Å²) >= 11 is 0. The molecule has 0 fully saturated rings. The summed E-state index contributed by atoms with van der Waals surface area (Å²) in [5.41, 5.74) is 2.47. The Morgan fingerprint density at radius 3 is 2.72 bits per heavy atom. The fraction of sp³-hybridized carbons (Fsp3) is 0.286. The van der Waals surface area contributed by atoms with Crippen molar-refractivity contribution in [3.63, 3.8) is 0 Å². The molecule has 18 heavy (non-hydrogen) atoms. The monoisotopic (exact) mass is 244 g/mol. The molecule has 2 rings (SSSR count). The fourth-order valence-corrected chi connectivity index (χ4v) is 2.00. The lowest BCUT2D eigenvalue weighted by atomic mass is 9.99. The van der Waals surface area contributed by atoms with Gasteiger partial charge in [-0.1, -0.05) is 31.2 Å². The number of aryl methyl sites for hydroxylation is 2. The van der Waals surface area contributed by atoms with Gasteiger partial charge in [0.15, 0.2) is 5.75 Å². The Labute approximate surface area is 106 Å². The molecule has 0 aliphatic rings. The highest BCUT2D eigenvalue weighted by molar-refractivity contribution is 5.72. The first kappa shape index (κ1) is 12.4. The fourth-order valence-electron chi connectivity index (χ4n) is 2.00. The second kappa shape index (κ2) is 5.04. The van der Waals surface area contributed by atoms with E-state index in [1.165, 1.54) is 4.68 Å². The third-order valence-corrected chi connectivity index (χ3v) is 2.99. The summed E-state index contributed by atoms with van der Waals surface area (Å²) in [6.07, 6.45) is 2.44.